The minimum atomic E-state index is -5.52. The van der Waals surface area contributed by atoms with Crippen molar-refractivity contribution in [2.24, 2.45) is 0 Å². The molecule has 6 heteroatoms. The van der Waals surface area contributed by atoms with Gasteiger partial charge in [0.2, 0.25) is 0 Å². The maximum Gasteiger partial charge on any atom is 0 e. The fourth-order valence-electron chi connectivity index (χ4n) is 0. The summed E-state index contributed by atoms with van der Waals surface area (Å²) in [5.74, 6) is 0. The third-order valence-electron chi connectivity index (χ3n) is 0. The number of hydrogen-bond acceptors (Lipinski definition) is 2. The molecule has 0 heterocycles. The first kappa shape index (κ1) is 10.3. The van der Waals surface area contributed by atoms with E-state index in [2.05, 4.69) is 0 Å². The molecule has 0 aliphatic rings. The zero-order valence-corrected chi connectivity index (χ0v) is 8.84. The first-order valence-corrected chi connectivity index (χ1v) is 4.69. The monoisotopic (exact) mass is 404 g/mol. The van der Waals surface area contributed by atoms with E-state index in [1.54, 1.807) is 0 Å². The Morgan fingerprint density at radius 3 is 1.17 bits per heavy atom. The molecule has 6 heavy (non-hydrogen) atoms. The molecule has 2 N–H and O–H groups in total. The zero-order chi connectivity index (χ0) is 4.50. The average molecular weight is 401 g/mol. The molecule has 0 amide bonds. The summed E-state index contributed by atoms with van der Waals surface area (Å²) in [5, 5.41) is 0. The molecule has 0 aromatic rings. The van der Waals surface area contributed by atoms with Crippen LogP contribution in [0.25, 0.3) is 0 Å². The van der Waals surface area contributed by atoms with E-state index < -0.39 is 19.0 Å². The summed E-state index contributed by atoms with van der Waals surface area (Å²) < 4.78 is 32.0. The van der Waals surface area contributed by atoms with Crippen LogP contribution in [0, 0.1) is 0 Å². The fraction of sp³-hybridized carbons (Fsp3) is 0. The van der Waals surface area contributed by atoms with Gasteiger partial charge in [-0.15, -0.1) is 0 Å². The quantitative estimate of drug-likeness (QED) is 0.456. The summed E-state index contributed by atoms with van der Waals surface area (Å²) >= 11 is -5.52. The van der Waals surface area contributed by atoms with Crippen molar-refractivity contribution in [3.8, 4) is 0 Å². The first-order chi connectivity index (χ1) is 2.00. The molecule has 0 aliphatic heterocycles. The first-order valence-electron chi connectivity index (χ1n) is 0.698. The van der Waals surface area contributed by atoms with Crippen molar-refractivity contribution in [1.29, 1.82) is 0 Å². The third kappa shape index (κ3) is 61.8. The maximum atomic E-state index is 8.85. The van der Waals surface area contributed by atoms with Crippen molar-refractivity contribution in [2.75, 3.05) is 0 Å². The molecule has 0 spiro atoms. The second-order valence-corrected chi connectivity index (χ2v) is 3.00. The standard InChI is InChI=1S/H2O4Te.Pb/c1-5(2,3)4;/h(H2,1,2,3,4);. The number of rotatable bonds is 0. The normalized spacial score (nSPS) is 9.67. The van der Waals surface area contributed by atoms with Crippen LogP contribution < -0.4 is 0 Å². The second kappa shape index (κ2) is 3.26. The third-order valence-corrected chi connectivity index (χ3v) is 0. The van der Waals surface area contributed by atoms with Crippen LogP contribution in [0.3, 0.4) is 0 Å². The predicted molar refractivity (Wildman–Crippen MR) is 17.3 cm³/mol. The molecule has 4 radical (unpaired) electrons. The second-order valence-electron chi connectivity index (χ2n) is 0.448. The fourth-order valence-corrected chi connectivity index (χ4v) is 0. The van der Waals surface area contributed by atoms with Crippen LogP contribution in [0.1, 0.15) is 0 Å². The Hall–Kier alpha value is 1.23. The smallest absolute Gasteiger partial charge is 0 e. The Balaban J connectivity index is 0. The molecule has 0 aromatic heterocycles. The molecule has 36 valence electrons. The van der Waals surface area contributed by atoms with E-state index in [0.717, 1.165) is 0 Å². The van der Waals surface area contributed by atoms with Crippen LogP contribution in [0.4, 0.5) is 0 Å². The topological polar surface area (TPSA) is 74.6 Å². The van der Waals surface area contributed by atoms with Crippen LogP contribution in [0.5, 0.6) is 0 Å². The van der Waals surface area contributed by atoms with Gasteiger partial charge in [0.25, 0.3) is 0 Å². The Labute approximate surface area is 59.0 Å². The van der Waals surface area contributed by atoms with Crippen LogP contribution in [0.15, 0.2) is 0 Å². The van der Waals surface area contributed by atoms with Gasteiger partial charge in [-0.3, -0.25) is 0 Å². The summed E-state index contributed by atoms with van der Waals surface area (Å²) in [7, 11) is 0. The van der Waals surface area contributed by atoms with E-state index in [1.165, 1.54) is 0 Å². The van der Waals surface area contributed by atoms with Gasteiger partial charge in [0.05, 0.1) is 0 Å². The molecule has 0 saturated carbocycles. The SMILES string of the molecule is O=[Te](=O)(O)O.[Pb]. The Morgan fingerprint density at radius 1 is 1.17 bits per heavy atom. The largest absolute Gasteiger partial charge is 0 e. The van der Waals surface area contributed by atoms with Crippen LogP contribution in [0.2, 0.25) is 0 Å². The molecular weight excluding hydrogens is 399 g/mol. The zero-order valence-electron chi connectivity index (χ0n) is 2.62. The van der Waals surface area contributed by atoms with Crippen molar-refractivity contribution in [2.45, 2.75) is 0 Å². The van der Waals surface area contributed by atoms with E-state index in [1.807, 2.05) is 0 Å². The van der Waals surface area contributed by atoms with Crippen molar-refractivity contribution in [3.63, 3.8) is 0 Å². The van der Waals surface area contributed by atoms with Crippen molar-refractivity contribution in [3.05, 3.63) is 0 Å². The van der Waals surface area contributed by atoms with E-state index in [9.17, 15) is 0 Å². The summed E-state index contributed by atoms with van der Waals surface area (Å²) in [6.07, 6.45) is 0. The molecular formula is H2O4PbTe. The van der Waals surface area contributed by atoms with Gasteiger partial charge in [-0.25, -0.2) is 0 Å². The summed E-state index contributed by atoms with van der Waals surface area (Å²) in [5.41, 5.74) is 0. The predicted octanol–water partition coefficient (Wildman–Crippen LogP) is -2.11. The van der Waals surface area contributed by atoms with Crippen LogP contribution >= 0.6 is 0 Å². The summed E-state index contributed by atoms with van der Waals surface area (Å²) in [6, 6.07) is 0. The molecule has 0 unspecified atom stereocenters. The van der Waals surface area contributed by atoms with E-state index >= 15 is 0 Å². The van der Waals surface area contributed by atoms with E-state index in [-0.39, 0.29) is 27.3 Å². The van der Waals surface area contributed by atoms with Gasteiger partial charge in [0.15, 0.2) is 0 Å². The van der Waals surface area contributed by atoms with Gasteiger partial charge in [0, 0.05) is 27.3 Å². The van der Waals surface area contributed by atoms with E-state index in [4.69, 9.17) is 13.2 Å². The van der Waals surface area contributed by atoms with Gasteiger partial charge in [-0.05, 0) is 0 Å². The molecule has 0 aromatic carbocycles. The Kier molecular flexibility index (Phi) is 5.58. The van der Waals surface area contributed by atoms with E-state index in [0.29, 0.717) is 0 Å². The van der Waals surface area contributed by atoms with Gasteiger partial charge in [-0.2, -0.15) is 0 Å². The van der Waals surface area contributed by atoms with Crippen molar-refractivity contribution < 1.29 is 13.2 Å². The van der Waals surface area contributed by atoms with Gasteiger partial charge in [0.1, 0.15) is 0 Å². The summed E-state index contributed by atoms with van der Waals surface area (Å²) in [6.45, 7) is 0. The molecule has 0 rings (SSSR count). The van der Waals surface area contributed by atoms with Gasteiger partial charge >= 0.3 is 32.1 Å². The van der Waals surface area contributed by atoms with Crippen molar-refractivity contribution in [1.82, 2.24) is 0 Å². The van der Waals surface area contributed by atoms with Gasteiger partial charge in [-0.1, -0.05) is 0 Å². The minimum absolute atomic E-state index is 0. The Bertz CT molecular complexity index is 90.7. The minimum Gasteiger partial charge on any atom is 0 e. The average Bonchev–Trinajstić information content (AvgIpc) is 0.722. The van der Waals surface area contributed by atoms with Gasteiger partial charge < -0.3 is 0 Å². The Morgan fingerprint density at radius 2 is 1.17 bits per heavy atom. The number of hydrogen-bond donors (Lipinski definition) is 2. The molecule has 4 nitrogen and oxygen atoms in total. The molecule has 0 atom stereocenters. The molecule has 0 fully saturated rings. The van der Waals surface area contributed by atoms with Crippen LogP contribution in [-0.2, 0) is 6.21 Å². The maximum absolute atomic E-state index is 8.85. The molecule has 0 aliphatic carbocycles. The summed E-state index contributed by atoms with van der Waals surface area (Å²) in [4.78, 5) is 0. The van der Waals surface area contributed by atoms with Crippen LogP contribution in [-0.4, -0.2) is 53.2 Å². The van der Waals surface area contributed by atoms with Crippen molar-refractivity contribution >= 4 is 46.3 Å². The molecule has 0 saturated heterocycles. The molecule has 0 bridgehead atoms.